The highest BCUT2D eigenvalue weighted by Gasteiger charge is 2.23. The van der Waals surface area contributed by atoms with Gasteiger partial charge in [-0.25, -0.2) is 13.2 Å². The molecule has 0 unspecified atom stereocenters. The Morgan fingerprint density at radius 3 is 2.32 bits per heavy atom. The zero-order valence-electron chi connectivity index (χ0n) is 15.0. The van der Waals surface area contributed by atoms with Gasteiger partial charge in [0.15, 0.2) is 5.11 Å². The van der Waals surface area contributed by atoms with Crippen LogP contribution in [0.3, 0.4) is 0 Å². The van der Waals surface area contributed by atoms with Crippen molar-refractivity contribution in [2.45, 2.75) is 6.54 Å². The molecule has 0 aliphatic carbocycles. The molecule has 0 radical (unpaired) electrons. The number of hydrazone groups is 1. The summed E-state index contributed by atoms with van der Waals surface area (Å²) >= 11 is 4.60. The Kier molecular flexibility index (Phi) is 6.48. The van der Waals surface area contributed by atoms with E-state index < -0.39 is 11.6 Å². The highest BCUT2D eigenvalue weighted by atomic mass is 32.1. The third-order valence-corrected chi connectivity index (χ3v) is 4.56. The van der Waals surface area contributed by atoms with Crippen LogP contribution < -0.4 is 16.1 Å². The standard InChI is InChI=1S/C19H20F3N5S/c20-15-4-2-1-3-14(15)12-26-5-7-27(8-6-26)18-16(21)9-13(10-17(18)22)11-24-25-19(23)28/h1-4,9-11H,5-8,12H2,(H3,23,25,28). The van der Waals surface area contributed by atoms with E-state index in [0.29, 0.717) is 38.3 Å². The summed E-state index contributed by atoms with van der Waals surface area (Å²) in [6.45, 7) is 2.51. The number of benzene rings is 2. The first-order valence-electron chi connectivity index (χ1n) is 8.72. The summed E-state index contributed by atoms with van der Waals surface area (Å²) in [6.07, 6.45) is 1.24. The smallest absolute Gasteiger partial charge is 0.184 e. The second kappa shape index (κ2) is 9.03. The number of nitrogens with two attached hydrogens (primary N) is 1. The molecule has 9 heteroatoms. The Bertz CT molecular complexity index is 859. The number of nitrogens with zero attached hydrogens (tertiary/aromatic N) is 3. The highest BCUT2D eigenvalue weighted by Crippen LogP contribution is 2.26. The fraction of sp³-hybridized carbons (Fsp3) is 0.263. The van der Waals surface area contributed by atoms with Crippen LogP contribution in [0.4, 0.5) is 18.9 Å². The summed E-state index contributed by atoms with van der Waals surface area (Å²) in [5.74, 6) is -1.58. The van der Waals surface area contributed by atoms with Gasteiger partial charge in [0.25, 0.3) is 0 Å². The largest absolute Gasteiger partial charge is 0.375 e. The van der Waals surface area contributed by atoms with E-state index in [1.165, 1.54) is 24.4 Å². The third kappa shape index (κ3) is 4.99. The van der Waals surface area contributed by atoms with Gasteiger partial charge in [-0.2, -0.15) is 5.10 Å². The molecule has 0 saturated carbocycles. The minimum Gasteiger partial charge on any atom is -0.375 e. The maximum Gasteiger partial charge on any atom is 0.184 e. The molecule has 1 fully saturated rings. The van der Waals surface area contributed by atoms with Crippen LogP contribution in [0.15, 0.2) is 41.5 Å². The Hall–Kier alpha value is -2.65. The van der Waals surface area contributed by atoms with Crippen LogP contribution in [0.1, 0.15) is 11.1 Å². The molecule has 3 N–H and O–H groups in total. The second-order valence-electron chi connectivity index (χ2n) is 6.42. The molecule has 1 aliphatic heterocycles. The van der Waals surface area contributed by atoms with Crippen LogP contribution in [0, 0.1) is 17.5 Å². The molecule has 1 aliphatic rings. The van der Waals surface area contributed by atoms with E-state index in [-0.39, 0.29) is 22.2 Å². The van der Waals surface area contributed by atoms with Crippen molar-refractivity contribution >= 4 is 29.2 Å². The first-order valence-corrected chi connectivity index (χ1v) is 9.13. The van der Waals surface area contributed by atoms with E-state index >= 15 is 0 Å². The van der Waals surface area contributed by atoms with Crippen LogP contribution in [-0.2, 0) is 6.54 Å². The number of thiocarbonyl (C=S) groups is 1. The van der Waals surface area contributed by atoms with Crippen molar-refractivity contribution in [2.24, 2.45) is 10.8 Å². The zero-order chi connectivity index (χ0) is 20.1. The van der Waals surface area contributed by atoms with Crippen molar-refractivity contribution in [1.29, 1.82) is 0 Å². The number of hydrogen-bond acceptors (Lipinski definition) is 4. The molecule has 0 aromatic heterocycles. The summed E-state index contributed by atoms with van der Waals surface area (Å²) in [6, 6.07) is 9.02. The zero-order valence-corrected chi connectivity index (χ0v) is 15.9. The molecular formula is C19H20F3N5S. The fourth-order valence-electron chi connectivity index (χ4n) is 3.13. The molecule has 2 aromatic carbocycles. The summed E-state index contributed by atoms with van der Waals surface area (Å²) in [4.78, 5) is 3.73. The lowest BCUT2D eigenvalue weighted by Crippen LogP contribution is -2.46. The Morgan fingerprint density at radius 2 is 1.71 bits per heavy atom. The SMILES string of the molecule is NC(=S)NN=Cc1cc(F)c(N2CCN(Cc3ccccc3F)CC2)c(F)c1. The number of anilines is 1. The molecule has 28 heavy (non-hydrogen) atoms. The van der Waals surface area contributed by atoms with Crippen LogP contribution in [0.25, 0.3) is 0 Å². The Balaban J connectivity index is 1.64. The lowest BCUT2D eigenvalue weighted by atomic mass is 10.1. The summed E-state index contributed by atoms with van der Waals surface area (Å²) in [5, 5.41) is 3.66. The van der Waals surface area contributed by atoms with E-state index in [9.17, 15) is 13.2 Å². The first kappa shape index (κ1) is 20.1. The topological polar surface area (TPSA) is 56.9 Å². The number of hydrogen-bond donors (Lipinski definition) is 2. The van der Waals surface area contributed by atoms with Gasteiger partial charge in [-0.3, -0.25) is 10.3 Å². The average Bonchev–Trinajstić information content (AvgIpc) is 2.64. The summed E-state index contributed by atoms with van der Waals surface area (Å²) in [7, 11) is 0. The lowest BCUT2D eigenvalue weighted by Gasteiger charge is -2.36. The van der Waals surface area contributed by atoms with Gasteiger partial charge in [0.05, 0.1) is 6.21 Å². The molecule has 0 amide bonds. The van der Waals surface area contributed by atoms with Gasteiger partial charge in [0.1, 0.15) is 23.1 Å². The average molecular weight is 407 g/mol. The van der Waals surface area contributed by atoms with E-state index in [2.05, 4.69) is 27.6 Å². The molecule has 0 spiro atoms. The van der Waals surface area contributed by atoms with E-state index in [1.54, 1.807) is 23.1 Å². The molecule has 1 saturated heterocycles. The highest BCUT2D eigenvalue weighted by molar-refractivity contribution is 7.80. The second-order valence-corrected chi connectivity index (χ2v) is 6.86. The van der Waals surface area contributed by atoms with E-state index in [1.807, 2.05) is 0 Å². The Labute approximate surface area is 166 Å². The fourth-order valence-corrected chi connectivity index (χ4v) is 3.18. The molecule has 5 nitrogen and oxygen atoms in total. The molecule has 3 rings (SSSR count). The summed E-state index contributed by atoms with van der Waals surface area (Å²) < 4.78 is 42.8. The van der Waals surface area contributed by atoms with Gasteiger partial charge < -0.3 is 10.6 Å². The van der Waals surface area contributed by atoms with Gasteiger partial charge in [0.2, 0.25) is 0 Å². The third-order valence-electron chi connectivity index (χ3n) is 4.47. The van der Waals surface area contributed by atoms with Crippen LogP contribution >= 0.6 is 12.2 Å². The van der Waals surface area contributed by atoms with Gasteiger partial charge in [0, 0.05) is 43.9 Å². The predicted molar refractivity (Wildman–Crippen MR) is 108 cm³/mol. The molecule has 148 valence electrons. The van der Waals surface area contributed by atoms with Gasteiger partial charge >= 0.3 is 0 Å². The summed E-state index contributed by atoms with van der Waals surface area (Å²) in [5.41, 5.74) is 8.36. The van der Waals surface area contributed by atoms with Gasteiger partial charge in [-0.05, 0) is 30.4 Å². The first-order chi connectivity index (χ1) is 13.4. The molecular weight excluding hydrogens is 387 g/mol. The maximum atomic E-state index is 14.5. The van der Waals surface area contributed by atoms with Crippen molar-refractivity contribution < 1.29 is 13.2 Å². The normalized spacial score (nSPS) is 15.2. The molecule has 2 aromatic rings. The van der Waals surface area contributed by atoms with Crippen molar-refractivity contribution in [1.82, 2.24) is 10.3 Å². The van der Waals surface area contributed by atoms with Crippen LogP contribution in [-0.4, -0.2) is 42.4 Å². The van der Waals surface area contributed by atoms with Crippen molar-refractivity contribution in [3.63, 3.8) is 0 Å². The van der Waals surface area contributed by atoms with E-state index in [0.717, 1.165) is 0 Å². The van der Waals surface area contributed by atoms with Crippen molar-refractivity contribution in [2.75, 3.05) is 31.1 Å². The molecule has 0 atom stereocenters. The quantitative estimate of drug-likeness (QED) is 0.453. The number of nitrogens with one attached hydrogen (secondary N) is 1. The van der Waals surface area contributed by atoms with Crippen LogP contribution in [0.5, 0.6) is 0 Å². The van der Waals surface area contributed by atoms with E-state index in [4.69, 9.17) is 5.73 Å². The van der Waals surface area contributed by atoms with Crippen LogP contribution in [0.2, 0.25) is 0 Å². The molecule has 1 heterocycles. The number of halogens is 3. The maximum absolute atomic E-state index is 14.5. The molecule has 0 bridgehead atoms. The lowest BCUT2D eigenvalue weighted by molar-refractivity contribution is 0.245. The van der Waals surface area contributed by atoms with Gasteiger partial charge in [-0.1, -0.05) is 18.2 Å². The minimum atomic E-state index is -0.667. The number of rotatable bonds is 5. The predicted octanol–water partition coefficient (Wildman–Crippen LogP) is 2.59. The van der Waals surface area contributed by atoms with Crippen molar-refractivity contribution in [3.05, 3.63) is 65.0 Å². The van der Waals surface area contributed by atoms with Gasteiger partial charge in [-0.15, -0.1) is 0 Å². The Morgan fingerprint density at radius 1 is 1.07 bits per heavy atom. The monoisotopic (exact) mass is 407 g/mol. The number of piperazine rings is 1. The van der Waals surface area contributed by atoms with Crippen molar-refractivity contribution in [3.8, 4) is 0 Å². The minimum absolute atomic E-state index is 0.0398.